The lowest BCUT2D eigenvalue weighted by atomic mass is 10.3. The number of aliphatic hydroxyl groups excluding tert-OH is 6. The Hall–Kier alpha value is 0.350. The largest absolute Gasteiger partial charge is 0.472 e. The lowest BCUT2D eigenvalue weighted by Gasteiger charge is -2.20. The van der Waals surface area contributed by atoms with E-state index >= 15 is 0 Å². The zero-order valence-electron chi connectivity index (χ0n) is 23.6. The first kappa shape index (κ1) is 46.4. The minimum atomic E-state index is -5.02. The molecule has 0 aromatic heterocycles. The van der Waals surface area contributed by atoms with Gasteiger partial charge in [-0.1, -0.05) is 0 Å². The second-order valence-corrected chi connectivity index (χ2v) is 16.5. The van der Waals surface area contributed by atoms with Gasteiger partial charge in [0, 0.05) is 0 Å². The molecule has 0 aliphatic carbocycles. The fourth-order valence-corrected chi connectivity index (χ4v) is 6.00. The van der Waals surface area contributed by atoms with Crippen molar-refractivity contribution in [2.45, 2.75) is 36.9 Å². The minimum Gasteiger partial charge on any atom is -0.394 e. The van der Waals surface area contributed by atoms with Gasteiger partial charge in [0.05, 0.1) is 71.7 Å². The maximum Gasteiger partial charge on any atom is 0.472 e. The molecule has 0 fully saturated rings. The molecule has 0 rings (SSSR count). The minimum absolute atomic E-state index is 0.475. The van der Waals surface area contributed by atoms with Gasteiger partial charge in [-0.3, -0.25) is 40.8 Å². The topological polar surface area (TPSA) is 402 Å². The van der Waals surface area contributed by atoms with Gasteiger partial charge < -0.3 is 60.0 Å². The van der Waals surface area contributed by atoms with Crippen molar-refractivity contribution in [2.75, 3.05) is 65.6 Å². The van der Waals surface area contributed by atoms with Crippen LogP contribution in [0.5, 0.6) is 0 Å². The van der Waals surface area contributed by atoms with Crippen LogP contribution < -0.4 is 0 Å². The van der Waals surface area contributed by atoms with Crippen LogP contribution in [0, 0.1) is 0 Å². The maximum atomic E-state index is 11.9. The van der Waals surface area contributed by atoms with Crippen LogP contribution in [0.15, 0.2) is 0 Å². The van der Waals surface area contributed by atoms with Crippen molar-refractivity contribution in [1.82, 2.24) is 0 Å². The number of hydrogen-bond acceptors (Lipinski definition) is 19. The van der Waals surface area contributed by atoms with Crippen molar-refractivity contribution in [2.24, 2.45) is 0 Å². The average Bonchev–Trinajstić information content (AvgIpc) is 2.95. The third-order valence-electron chi connectivity index (χ3n) is 4.40. The van der Waals surface area contributed by atoms with Crippen LogP contribution in [-0.4, -0.2) is 156 Å². The monoisotopic (exact) mass is 786 g/mol. The molecule has 30 heteroatoms. The SMILES string of the molecule is O=P(O)(O)CC[C@@H](O)COP(=O)(O)OC[C@@H](O)COP(=O)(O)OC[C@@H](O)COP(=O)(O)OC[C@@H](O)COP(=O)(O)OC[C@@H](O)CO. The summed E-state index contributed by atoms with van der Waals surface area (Å²) in [6.07, 6.45) is -9.73. The molecule has 0 saturated heterocycles. The molecule has 0 saturated carbocycles. The molecule has 0 aliphatic rings. The highest BCUT2D eigenvalue weighted by Crippen LogP contribution is 2.47. The lowest BCUT2D eigenvalue weighted by Crippen LogP contribution is -2.24. The number of rotatable bonds is 28. The van der Waals surface area contributed by atoms with Gasteiger partial charge in [-0.15, -0.1) is 0 Å². The summed E-state index contributed by atoms with van der Waals surface area (Å²) in [7, 11) is -24.1. The van der Waals surface area contributed by atoms with E-state index in [-0.39, 0.29) is 0 Å². The highest BCUT2D eigenvalue weighted by Gasteiger charge is 2.30. The molecule has 0 aromatic rings. The molecule has 25 nitrogen and oxygen atoms in total. The Labute approximate surface area is 260 Å². The summed E-state index contributed by atoms with van der Waals surface area (Å²) in [6.45, 7) is -8.58. The van der Waals surface area contributed by atoms with Gasteiger partial charge in [-0.25, -0.2) is 18.3 Å². The standard InChI is InChI=1S/C16H39O25P5/c17-3-13(19)5-35-44(28,29)37-7-15(21)9-39-46(32,33)41-11-16(22)10-40-45(30,31)38-8-14(20)6-36-43(26,27)34-4-12(18)1-2-42(23,24)25/h12-22H,1-11H2,(H,26,27)(H,28,29)(H,30,31)(H,32,33)(H2,23,24,25)/t12-,13+,14-,15+,16-/m1/s1. The van der Waals surface area contributed by atoms with Crippen LogP contribution in [0.1, 0.15) is 6.42 Å². The van der Waals surface area contributed by atoms with Crippen LogP contribution in [0.2, 0.25) is 0 Å². The van der Waals surface area contributed by atoms with Crippen LogP contribution >= 0.6 is 38.9 Å². The second kappa shape index (κ2) is 21.5. The predicted octanol–water partition coefficient (Wildman–Crippen LogP) is -3.11. The van der Waals surface area contributed by atoms with Gasteiger partial charge in [0.1, 0.15) is 24.4 Å². The third kappa shape index (κ3) is 26.2. The maximum absolute atomic E-state index is 11.9. The smallest absolute Gasteiger partial charge is 0.394 e. The molecule has 278 valence electrons. The van der Waals surface area contributed by atoms with E-state index in [4.69, 9.17) is 20.0 Å². The summed E-state index contributed by atoms with van der Waals surface area (Å²) in [6, 6.07) is 0. The summed E-state index contributed by atoms with van der Waals surface area (Å²) < 4.78 is 92.9. The first-order valence-electron chi connectivity index (χ1n) is 12.4. The molecule has 4 unspecified atom stereocenters. The van der Waals surface area contributed by atoms with E-state index in [1.165, 1.54) is 0 Å². The third-order valence-corrected chi connectivity index (χ3v) is 9.05. The highest BCUT2D eigenvalue weighted by atomic mass is 31.2. The van der Waals surface area contributed by atoms with E-state index in [0.717, 1.165) is 0 Å². The Balaban J connectivity index is 4.37. The Morgan fingerprint density at radius 1 is 0.391 bits per heavy atom. The summed E-state index contributed by atoms with van der Waals surface area (Å²) in [5.41, 5.74) is 0. The van der Waals surface area contributed by atoms with E-state index in [0.29, 0.717) is 0 Å². The van der Waals surface area contributed by atoms with E-state index in [1.54, 1.807) is 0 Å². The molecule has 0 amide bonds. The van der Waals surface area contributed by atoms with Gasteiger partial charge in [0.15, 0.2) is 0 Å². The van der Waals surface area contributed by atoms with Crippen LogP contribution in [-0.2, 0) is 59.0 Å². The summed E-state index contributed by atoms with van der Waals surface area (Å²) >= 11 is 0. The fourth-order valence-electron chi connectivity index (χ4n) is 2.19. The molecular formula is C16H39O25P5. The average molecular weight is 786 g/mol. The summed E-state index contributed by atoms with van der Waals surface area (Å²) in [4.78, 5) is 55.5. The van der Waals surface area contributed by atoms with Gasteiger partial charge in [-0.05, 0) is 6.42 Å². The zero-order valence-corrected chi connectivity index (χ0v) is 28.0. The number of hydrogen-bond donors (Lipinski definition) is 12. The molecule has 9 atom stereocenters. The van der Waals surface area contributed by atoms with Crippen molar-refractivity contribution in [3.8, 4) is 0 Å². The van der Waals surface area contributed by atoms with Crippen LogP contribution in [0.4, 0.5) is 0 Å². The molecule has 12 N–H and O–H groups in total. The number of aliphatic hydroxyl groups is 6. The van der Waals surface area contributed by atoms with Gasteiger partial charge in [0.25, 0.3) is 0 Å². The van der Waals surface area contributed by atoms with Gasteiger partial charge in [-0.2, -0.15) is 0 Å². The first-order valence-corrected chi connectivity index (χ1v) is 20.2. The predicted molar refractivity (Wildman–Crippen MR) is 146 cm³/mol. The Morgan fingerprint density at radius 2 is 0.609 bits per heavy atom. The van der Waals surface area contributed by atoms with E-state index < -0.39 is 141 Å². The molecule has 0 aromatic carbocycles. The van der Waals surface area contributed by atoms with Gasteiger partial charge in [0.2, 0.25) is 0 Å². The lowest BCUT2D eigenvalue weighted by molar-refractivity contribution is 0.00203. The molecule has 0 heterocycles. The van der Waals surface area contributed by atoms with Crippen molar-refractivity contribution < 1.29 is 119 Å². The van der Waals surface area contributed by atoms with Crippen molar-refractivity contribution in [3.63, 3.8) is 0 Å². The zero-order chi connectivity index (χ0) is 35.8. The van der Waals surface area contributed by atoms with Crippen LogP contribution in [0.3, 0.4) is 0 Å². The Bertz CT molecular complexity index is 1100. The van der Waals surface area contributed by atoms with E-state index in [2.05, 4.69) is 36.2 Å². The highest BCUT2D eigenvalue weighted by molar-refractivity contribution is 7.51. The summed E-state index contributed by atoms with van der Waals surface area (Å²) in [5.74, 6) is 0. The number of phosphoric ester groups is 4. The molecule has 0 radical (unpaired) electrons. The Kier molecular flexibility index (Phi) is 21.7. The van der Waals surface area contributed by atoms with Crippen molar-refractivity contribution in [1.29, 1.82) is 0 Å². The first-order chi connectivity index (χ1) is 20.9. The van der Waals surface area contributed by atoms with Gasteiger partial charge >= 0.3 is 38.9 Å². The number of phosphoric acid groups is 4. The molecule has 0 aliphatic heterocycles. The Morgan fingerprint density at radius 3 is 0.826 bits per heavy atom. The molecule has 46 heavy (non-hydrogen) atoms. The van der Waals surface area contributed by atoms with E-state index in [9.17, 15) is 62.8 Å². The van der Waals surface area contributed by atoms with Crippen molar-refractivity contribution >= 4 is 38.9 Å². The molecule has 0 bridgehead atoms. The molecule has 0 spiro atoms. The normalized spacial score (nSPS) is 21.2. The quantitative estimate of drug-likeness (QED) is 0.0349. The molecular weight excluding hydrogens is 747 g/mol. The van der Waals surface area contributed by atoms with Crippen molar-refractivity contribution in [3.05, 3.63) is 0 Å². The second-order valence-electron chi connectivity index (χ2n) is 8.87. The van der Waals surface area contributed by atoms with Crippen LogP contribution in [0.25, 0.3) is 0 Å². The van der Waals surface area contributed by atoms with E-state index in [1.807, 2.05) is 0 Å². The summed E-state index contributed by atoms with van der Waals surface area (Å²) in [5, 5.41) is 56.3. The fraction of sp³-hybridized carbons (Fsp3) is 1.00.